The van der Waals surface area contributed by atoms with Crippen LogP contribution in [-0.4, -0.2) is 50.9 Å². The number of carbonyl (C=O) groups is 4. The minimum Gasteiger partial charge on any atom is -0.343 e. The first kappa shape index (κ1) is 22.5. The van der Waals surface area contributed by atoms with Crippen molar-refractivity contribution >= 4 is 29.3 Å². The van der Waals surface area contributed by atoms with Crippen molar-refractivity contribution in [1.82, 2.24) is 20.0 Å². The molecule has 1 aliphatic heterocycles. The van der Waals surface area contributed by atoms with Crippen LogP contribution in [0.3, 0.4) is 0 Å². The fourth-order valence-corrected chi connectivity index (χ4v) is 4.66. The van der Waals surface area contributed by atoms with Crippen LogP contribution in [0, 0.1) is 0 Å². The molecule has 9 heteroatoms. The summed E-state index contributed by atoms with van der Waals surface area (Å²) in [6.45, 7) is -0.238. The first-order valence-electron chi connectivity index (χ1n) is 11.7. The summed E-state index contributed by atoms with van der Waals surface area (Å²) in [5, 5.41) is 9.45. The molecule has 2 heterocycles. The fourth-order valence-electron chi connectivity index (χ4n) is 4.66. The van der Waals surface area contributed by atoms with Crippen molar-refractivity contribution in [3.63, 3.8) is 0 Å². The molecule has 35 heavy (non-hydrogen) atoms. The summed E-state index contributed by atoms with van der Waals surface area (Å²) >= 11 is 0. The van der Waals surface area contributed by atoms with E-state index >= 15 is 0 Å². The zero-order chi connectivity index (χ0) is 24.4. The Morgan fingerprint density at radius 2 is 1.69 bits per heavy atom. The number of rotatable bonds is 6. The van der Waals surface area contributed by atoms with Gasteiger partial charge in [0.2, 0.25) is 5.91 Å². The zero-order valence-electron chi connectivity index (χ0n) is 19.1. The molecule has 1 saturated carbocycles. The molecule has 4 amide bonds. The summed E-state index contributed by atoms with van der Waals surface area (Å²) in [7, 11) is 0. The van der Waals surface area contributed by atoms with Crippen LogP contribution in [0.2, 0.25) is 0 Å². The second kappa shape index (κ2) is 9.54. The molecule has 0 radical (unpaired) electrons. The van der Waals surface area contributed by atoms with E-state index in [-0.39, 0.29) is 41.4 Å². The summed E-state index contributed by atoms with van der Waals surface area (Å²) in [5.74, 6) is -1.51. The van der Waals surface area contributed by atoms with E-state index in [1.165, 1.54) is 23.1 Å². The van der Waals surface area contributed by atoms with Crippen molar-refractivity contribution in [2.45, 2.75) is 38.1 Å². The Labute approximate surface area is 202 Å². The van der Waals surface area contributed by atoms with E-state index in [0.717, 1.165) is 37.8 Å². The average molecular weight is 472 g/mol. The molecule has 3 aromatic rings. The second-order valence-corrected chi connectivity index (χ2v) is 8.76. The van der Waals surface area contributed by atoms with Gasteiger partial charge < -0.3 is 10.6 Å². The zero-order valence-corrected chi connectivity index (χ0v) is 19.1. The predicted octanol–water partition coefficient (Wildman–Crippen LogP) is 3.17. The third-order valence-electron chi connectivity index (χ3n) is 6.45. The molecular weight excluding hydrogens is 446 g/mol. The Morgan fingerprint density at radius 3 is 2.40 bits per heavy atom. The quantitative estimate of drug-likeness (QED) is 0.536. The molecule has 1 aliphatic carbocycles. The highest BCUT2D eigenvalue weighted by molar-refractivity contribution is 6.22. The minimum absolute atomic E-state index is 0.0780. The summed E-state index contributed by atoms with van der Waals surface area (Å²) in [6.07, 6.45) is 8.26. The number of nitrogens with zero attached hydrogens (tertiary/aromatic N) is 3. The lowest BCUT2D eigenvalue weighted by Crippen LogP contribution is -2.40. The minimum atomic E-state index is -0.492. The highest BCUT2D eigenvalue weighted by atomic mass is 16.2. The van der Waals surface area contributed by atoms with Gasteiger partial charge in [0.15, 0.2) is 0 Å². The van der Waals surface area contributed by atoms with Crippen LogP contribution in [0.1, 0.15) is 63.2 Å². The van der Waals surface area contributed by atoms with E-state index < -0.39 is 5.91 Å². The number of hydrogen-bond donors (Lipinski definition) is 2. The van der Waals surface area contributed by atoms with Crippen LogP contribution in [-0.2, 0) is 4.79 Å². The van der Waals surface area contributed by atoms with Gasteiger partial charge in [-0.05, 0) is 61.4 Å². The summed E-state index contributed by atoms with van der Waals surface area (Å²) in [5.41, 5.74) is 2.24. The van der Waals surface area contributed by atoms with Gasteiger partial charge in [-0.2, -0.15) is 5.10 Å². The van der Waals surface area contributed by atoms with Gasteiger partial charge in [-0.25, -0.2) is 4.68 Å². The van der Waals surface area contributed by atoms with Crippen LogP contribution >= 0.6 is 0 Å². The van der Waals surface area contributed by atoms with Crippen molar-refractivity contribution in [2.75, 3.05) is 11.9 Å². The SMILES string of the molecule is O=C(CNC(=O)c1ccc2c(c1)C(=O)N(C1CCCCC1)C2=O)Nc1ccc(-n2cccn2)cc1. The molecule has 0 saturated heterocycles. The smallest absolute Gasteiger partial charge is 0.261 e. The van der Waals surface area contributed by atoms with Gasteiger partial charge in [0, 0.05) is 29.7 Å². The number of aromatic nitrogens is 2. The molecule has 9 nitrogen and oxygen atoms in total. The molecule has 0 unspecified atom stereocenters. The molecule has 2 aliphatic rings. The number of amides is 4. The van der Waals surface area contributed by atoms with Crippen LogP contribution < -0.4 is 10.6 Å². The topological polar surface area (TPSA) is 113 Å². The highest BCUT2D eigenvalue weighted by Gasteiger charge is 2.40. The maximum atomic E-state index is 13.0. The van der Waals surface area contributed by atoms with E-state index in [0.29, 0.717) is 11.3 Å². The van der Waals surface area contributed by atoms with Crippen molar-refractivity contribution in [1.29, 1.82) is 0 Å². The Hall–Kier alpha value is -4.27. The maximum Gasteiger partial charge on any atom is 0.261 e. The molecule has 0 spiro atoms. The van der Waals surface area contributed by atoms with Gasteiger partial charge in [-0.3, -0.25) is 24.1 Å². The Kier molecular flexibility index (Phi) is 6.13. The number of carbonyl (C=O) groups excluding carboxylic acids is 4. The van der Waals surface area contributed by atoms with Crippen LogP contribution in [0.5, 0.6) is 0 Å². The standard InChI is InChI=1S/C26H25N5O4/c32-23(29-18-8-10-19(11-9-18)30-14-4-13-28-30)16-27-24(33)17-7-12-21-22(15-17)26(35)31(25(21)34)20-5-2-1-3-6-20/h4,7-15,20H,1-3,5-6,16H2,(H,27,33)(H,29,32). The van der Waals surface area contributed by atoms with Gasteiger partial charge in [0.05, 0.1) is 23.4 Å². The fraction of sp³-hybridized carbons (Fsp3) is 0.269. The van der Waals surface area contributed by atoms with Gasteiger partial charge in [-0.15, -0.1) is 0 Å². The van der Waals surface area contributed by atoms with E-state index in [2.05, 4.69) is 15.7 Å². The third kappa shape index (κ3) is 4.57. The van der Waals surface area contributed by atoms with Gasteiger partial charge in [0.25, 0.3) is 17.7 Å². The van der Waals surface area contributed by atoms with E-state index in [1.54, 1.807) is 23.0 Å². The van der Waals surface area contributed by atoms with Crippen molar-refractivity contribution < 1.29 is 19.2 Å². The monoisotopic (exact) mass is 471 g/mol. The molecule has 0 atom stereocenters. The van der Waals surface area contributed by atoms with Gasteiger partial charge in [-0.1, -0.05) is 19.3 Å². The number of imide groups is 1. The molecular formula is C26H25N5O4. The molecule has 1 fully saturated rings. The van der Waals surface area contributed by atoms with Crippen LogP contribution in [0.4, 0.5) is 5.69 Å². The summed E-state index contributed by atoms with van der Waals surface area (Å²) < 4.78 is 1.70. The lowest BCUT2D eigenvalue weighted by atomic mass is 9.94. The van der Waals surface area contributed by atoms with Crippen molar-refractivity contribution in [3.05, 3.63) is 77.6 Å². The maximum absolute atomic E-state index is 13.0. The summed E-state index contributed by atoms with van der Waals surface area (Å²) in [6, 6.07) is 13.4. The molecule has 178 valence electrons. The van der Waals surface area contributed by atoms with Crippen LogP contribution in [0.25, 0.3) is 5.69 Å². The Bertz CT molecular complexity index is 1280. The predicted molar refractivity (Wildman–Crippen MR) is 128 cm³/mol. The number of hydrogen-bond acceptors (Lipinski definition) is 5. The van der Waals surface area contributed by atoms with Gasteiger partial charge in [0.1, 0.15) is 0 Å². The Balaban J connectivity index is 1.19. The molecule has 2 aromatic carbocycles. The number of nitrogens with one attached hydrogen (secondary N) is 2. The summed E-state index contributed by atoms with van der Waals surface area (Å²) in [4.78, 5) is 52.1. The second-order valence-electron chi connectivity index (χ2n) is 8.76. The molecule has 1 aromatic heterocycles. The largest absolute Gasteiger partial charge is 0.343 e. The van der Waals surface area contributed by atoms with Crippen LogP contribution in [0.15, 0.2) is 60.9 Å². The van der Waals surface area contributed by atoms with Crippen molar-refractivity contribution in [3.8, 4) is 5.69 Å². The first-order chi connectivity index (χ1) is 17.0. The molecule has 0 bridgehead atoms. The van der Waals surface area contributed by atoms with E-state index in [1.807, 2.05) is 24.4 Å². The first-order valence-corrected chi connectivity index (χ1v) is 11.7. The number of benzene rings is 2. The van der Waals surface area contributed by atoms with Gasteiger partial charge >= 0.3 is 0 Å². The molecule has 2 N–H and O–H groups in total. The highest BCUT2D eigenvalue weighted by Crippen LogP contribution is 2.31. The van der Waals surface area contributed by atoms with E-state index in [9.17, 15) is 19.2 Å². The van der Waals surface area contributed by atoms with E-state index in [4.69, 9.17) is 0 Å². The lowest BCUT2D eigenvalue weighted by molar-refractivity contribution is -0.115. The third-order valence-corrected chi connectivity index (χ3v) is 6.45. The normalized spacial score (nSPS) is 15.7. The Morgan fingerprint density at radius 1 is 0.943 bits per heavy atom. The van der Waals surface area contributed by atoms with Crippen molar-refractivity contribution in [2.24, 2.45) is 0 Å². The number of fused-ring (bicyclic) bond motifs is 1. The lowest BCUT2D eigenvalue weighted by Gasteiger charge is -2.29. The number of anilines is 1. The molecule has 5 rings (SSSR count). The average Bonchev–Trinajstić information content (AvgIpc) is 3.50.